The molecule has 1 unspecified atom stereocenters. The van der Waals surface area contributed by atoms with E-state index in [1.54, 1.807) is 11.3 Å². The average Bonchev–Trinajstić information content (AvgIpc) is 2.95. The fourth-order valence-corrected chi connectivity index (χ4v) is 2.95. The maximum absolute atomic E-state index is 6.32. The van der Waals surface area contributed by atoms with Gasteiger partial charge in [-0.05, 0) is 47.7 Å². The minimum atomic E-state index is -0.162. The van der Waals surface area contributed by atoms with Gasteiger partial charge in [0.1, 0.15) is 5.75 Å². The van der Waals surface area contributed by atoms with E-state index < -0.39 is 0 Å². The molecule has 2 N–H and O–H groups in total. The van der Waals surface area contributed by atoms with Crippen molar-refractivity contribution in [2.45, 2.75) is 13.0 Å². The van der Waals surface area contributed by atoms with Crippen LogP contribution in [0.3, 0.4) is 0 Å². The lowest BCUT2D eigenvalue weighted by atomic mass is 10.0. The highest BCUT2D eigenvalue weighted by Crippen LogP contribution is 2.26. The molecule has 0 saturated heterocycles. The Kier molecular flexibility index (Phi) is 3.67. The van der Waals surface area contributed by atoms with Crippen LogP contribution in [-0.4, -0.2) is 11.6 Å². The number of benzene rings is 1. The predicted molar refractivity (Wildman–Crippen MR) is 83.3 cm³/mol. The first kappa shape index (κ1) is 13.1. The van der Waals surface area contributed by atoms with Crippen molar-refractivity contribution in [1.82, 2.24) is 4.98 Å². The number of thiophene rings is 1. The number of nitrogens with two attached hydrogens (primary N) is 1. The third kappa shape index (κ3) is 2.53. The van der Waals surface area contributed by atoms with Crippen LogP contribution in [0.4, 0.5) is 0 Å². The van der Waals surface area contributed by atoms with Crippen LogP contribution in [0.5, 0.6) is 5.75 Å². The summed E-state index contributed by atoms with van der Waals surface area (Å²) in [4.78, 5) is 4.44. The van der Waals surface area contributed by atoms with Crippen molar-refractivity contribution in [3.8, 4) is 5.75 Å². The van der Waals surface area contributed by atoms with Gasteiger partial charge >= 0.3 is 0 Å². The molecule has 0 amide bonds. The number of aromatic nitrogens is 1. The molecule has 2 heterocycles. The second-order valence-corrected chi connectivity index (χ2v) is 5.50. The molecule has 3 rings (SSSR count). The minimum absolute atomic E-state index is 0.162. The summed E-state index contributed by atoms with van der Waals surface area (Å²) in [6.45, 7) is 2.64. The summed E-state index contributed by atoms with van der Waals surface area (Å²) < 4.78 is 6.61. The van der Waals surface area contributed by atoms with Crippen molar-refractivity contribution in [3.05, 3.63) is 59.1 Å². The number of hydrogen-bond acceptors (Lipinski definition) is 4. The summed E-state index contributed by atoms with van der Waals surface area (Å²) in [6, 6.07) is 11.9. The number of rotatable bonds is 4. The molecular weight excluding hydrogens is 268 g/mol. The van der Waals surface area contributed by atoms with Crippen LogP contribution in [0.15, 0.2) is 48.0 Å². The molecule has 1 aromatic carbocycles. The normalized spacial score (nSPS) is 12.5. The molecule has 20 heavy (non-hydrogen) atoms. The number of ether oxygens (including phenoxy) is 1. The first-order chi connectivity index (χ1) is 9.78. The van der Waals surface area contributed by atoms with Crippen LogP contribution in [0.25, 0.3) is 10.2 Å². The Labute approximate surface area is 122 Å². The number of fused-ring (bicyclic) bond motifs is 1. The maximum Gasteiger partial charge on any atom is 0.119 e. The topological polar surface area (TPSA) is 48.1 Å². The van der Waals surface area contributed by atoms with E-state index in [9.17, 15) is 0 Å². The first-order valence-electron chi connectivity index (χ1n) is 6.59. The molecule has 0 aliphatic rings. The minimum Gasteiger partial charge on any atom is -0.494 e. The van der Waals surface area contributed by atoms with Crippen LogP contribution in [-0.2, 0) is 0 Å². The summed E-state index contributed by atoms with van der Waals surface area (Å²) in [7, 11) is 0. The summed E-state index contributed by atoms with van der Waals surface area (Å²) in [5.74, 6) is 0.871. The Morgan fingerprint density at radius 2 is 2.00 bits per heavy atom. The lowest BCUT2D eigenvalue weighted by Gasteiger charge is -2.13. The van der Waals surface area contributed by atoms with Gasteiger partial charge in [0.15, 0.2) is 0 Å². The van der Waals surface area contributed by atoms with Crippen molar-refractivity contribution in [3.63, 3.8) is 0 Å². The quantitative estimate of drug-likeness (QED) is 0.794. The van der Waals surface area contributed by atoms with Crippen molar-refractivity contribution in [1.29, 1.82) is 0 Å². The lowest BCUT2D eigenvalue weighted by molar-refractivity contribution is 0.340. The van der Waals surface area contributed by atoms with Gasteiger partial charge in [-0.2, -0.15) is 0 Å². The van der Waals surface area contributed by atoms with Gasteiger partial charge in [0.2, 0.25) is 0 Å². The summed E-state index contributed by atoms with van der Waals surface area (Å²) in [6.07, 6.45) is 1.86. The standard InChI is InChI=1S/C16H16N2OS/c1-2-19-13-5-3-11(4-6-13)16(17)12-9-15-14(18-10-12)7-8-20-15/h3-10,16H,2,17H2,1H3. The van der Waals surface area contributed by atoms with E-state index in [4.69, 9.17) is 10.5 Å². The third-order valence-electron chi connectivity index (χ3n) is 3.23. The zero-order valence-electron chi connectivity index (χ0n) is 11.2. The van der Waals surface area contributed by atoms with Crippen LogP contribution in [0, 0.1) is 0 Å². The van der Waals surface area contributed by atoms with E-state index in [-0.39, 0.29) is 6.04 Å². The molecule has 0 saturated carbocycles. The number of pyridine rings is 1. The van der Waals surface area contributed by atoms with E-state index >= 15 is 0 Å². The first-order valence-corrected chi connectivity index (χ1v) is 7.47. The van der Waals surface area contributed by atoms with Crippen LogP contribution in [0.1, 0.15) is 24.1 Å². The van der Waals surface area contributed by atoms with Gasteiger partial charge in [-0.15, -0.1) is 11.3 Å². The fraction of sp³-hybridized carbons (Fsp3) is 0.188. The van der Waals surface area contributed by atoms with E-state index in [0.29, 0.717) is 6.61 Å². The van der Waals surface area contributed by atoms with Crippen molar-refractivity contribution in [2.24, 2.45) is 5.73 Å². The summed E-state index contributed by atoms with van der Waals surface area (Å²) in [5.41, 5.74) is 9.44. The Hall–Kier alpha value is -1.91. The molecule has 3 nitrogen and oxygen atoms in total. The SMILES string of the molecule is CCOc1ccc(C(N)c2cnc3ccsc3c2)cc1. The van der Waals surface area contributed by atoms with Gasteiger partial charge in [0, 0.05) is 6.20 Å². The number of hydrogen-bond donors (Lipinski definition) is 1. The summed E-state index contributed by atoms with van der Waals surface area (Å²) >= 11 is 1.69. The molecule has 4 heteroatoms. The molecule has 0 bridgehead atoms. The van der Waals surface area contributed by atoms with Crippen molar-refractivity contribution in [2.75, 3.05) is 6.61 Å². The zero-order chi connectivity index (χ0) is 13.9. The van der Waals surface area contributed by atoms with E-state index in [2.05, 4.69) is 11.1 Å². The second-order valence-electron chi connectivity index (χ2n) is 4.55. The zero-order valence-corrected chi connectivity index (χ0v) is 12.1. The average molecular weight is 284 g/mol. The molecule has 0 aliphatic heterocycles. The van der Waals surface area contributed by atoms with Crippen molar-refractivity contribution < 1.29 is 4.74 Å². The van der Waals surface area contributed by atoms with Gasteiger partial charge in [-0.25, -0.2) is 0 Å². The van der Waals surface area contributed by atoms with Gasteiger partial charge in [-0.3, -0.25) is 4.98 Å². The van der Waals surface area contributed by atoms with Gasteiger partial charge in [0.25, 0.3) is 0 Å². The lowest BCUT2D eigenvalue weighted by Crippen LogP contribution is -2.12. The predicted octanol–water partition coefficient (Wildman–Crippen LogP) is 3.74. The highest BCUT2D eigenvalue weighted by atomic mass is 32.1. The molecule has 1 atom stereocenters. The highest BCUT2D eigenvalue weighted by molar-refractivity contribution is 7.17. The Bertz CT molecular complexity index is 706. The molecule has 3 aromatic rings. The molecule has 0 aliphatic carbocycles. The maximum atomic E-state index is 6.32. The molecular formula is C16H16N2OS. The molecule has 0 radical (unpaired) electrons. The second kappa shape index (κ2) is 5.61. The van der Waals surface area contributed by atoms with Gasteiger partial charge < -0.3 is 10.5 Å². The van der Waals surface area contributed by atoms with Crippen LogP contribution >= 0.6 is 11.3 Å². The fourth-order valence-electron chi connectivity index (χ4n) is 2.16. The van der Waals surface area contributed by atoms with E-state index in [1.165, 1.54) is 4.70 Å². The molecule has 102 valence electrons. The Morgan fingerprint density at radius 3 is 2.75 bits per heavy atom. The molecule has 0 spiro atoms. The van der Waals surface area contributed by atoms with Crippen LogP contribution < -0.4 is 10.5 Å². The van der Waals surface area contributed by atoms with Gasteiger partial charge in [0.05, 0.1) is 22.9 Å². The molecule has 0 fully saturated rings. The smallest absolute Gasteiger partial charge is 0.119 e. The van der Waals surface area contributed by atoms with Crippen molar-refractivity contribution >= 4 is 21.6 Å². The van der Waals surface area contributed by atoms with Crippen LogP contribution in [0.2, 0.25) is 0 Å². The summed E-state index contributed by atoms with van der Waals surface area (Å²) in [5, 5.41) is 2.05. The highest BCUT2D eigenvalue weighted by Gasteiger charge is 2.10. The third-order valence-corrected chi connectivity index (χ3v) is 4.09. The van der Waals surface area contributed by atoms with E-state index in [1.807, 2.05) is 48.8 Å². The molecule has 2 aromatic heterocycles. The monoisotopic (exact) mass is 284 g/mol. The largest absolute Gasteiger partial charge is 0.494 e. The Morgan fingerprint density at radius 1 is 1.20 bits per heavy atom. The number of nitrogens with zero attached hydrogens (tertiary/aromatic N) is 1. The Balaban J connectivity index is 1.88. The van der Waals surface area contributed by atoms with E-state index in [0.717, 1.165) is 22.4 Å². The van der Waals surface area contributed by atoms with Gasteiger partial charge in [-0.1, -0.05) is 12.1 Å².